The predicted molar refractivity (Wildman–Crippen MR) is 124 cm³/mol. The van der Waals surface area contributed by atoms with Crippen molar-refractivity contribution in [3.8, 4) is 5.69 Å². The molecule has 0 saturated carbocycles. The lowest BCUT2D eigenvalue weighted by molar-refractivity contribution is -0.252. The number of carbonyl (C=O) groups excluding carboxylic acids is 1. The molecule has 1 saturated heterocycles. The first-order valence-electron chi connectivity index (χ1n) is 11.1. The van der Waals surface area contributed by atoms with Crippen LogP contribution in [0.15, 0.2) is 67.4 Å². The number of carbonyl (C=O) groups is 1. The summed E-state index contributed by atoms with van der Waals surface area (Å²) in [5.74, 6) is -0.539. The summed E-state index contributed by atoms with van der Waals surface area (Å²) < 4.78 is 8.74. The highest BCUT2D eigenvalue weighted by Gasteiger charge is 2.44. The molecule has 1 amide bonds. The van der Waals surface area contributed by atoms with Crippen molar-refractivity contribution in [3.05, 3.63) is 78.5 Å². The summed E-state index contributed by atoms with van der Waals surface area (Å²) in [6, 6.07) is 13.9. The lowest BCUT2D eigenvalue weighted by atomic mass is 9.96. The van der Waals surface area contributed by atoms with Gasteiger partial charge in [0, 0.05) is 23.6 Å². The normalized spacial score (nSPS) is 24.5. The molecule has 35 heavy (non-hydrogen) atoms. The number of aliphatic hydroxyl groups excluding tert-OH is 4. The van der Waals surface area contributed by atoms with Crippen LogP contribution < -0.4 is 5.32 Å². The van der Waals surface area contributed by atoms with Gasteiger partial charge in [-0.25, -0.2) is 9.67 Å². The van der Waals surface area contributed by atoms with Crippen molar-refractivity contribution < 1.29 is 30.0 Å². The van der Waals surface area contributed by atoms with Crippen LogP contribution >= 0.6 is 0 Å². The van der Waals surface area contributed by atoms with E-state index < -0.39 is 43.2 Å². The smallest absolute Gasteiger partial charge is 0.253 e. The Balaban J connectivity index is 1.38. The average Bonchev–Trinajstić information content (AvgIpc) is 3.53. The number of aliphatic hydroxyl groups is 4. The highest BCUT2D eigenvalue weighted by atomic mass is 16.6. The van der Waals surface area contributed by atoms with Crippen LogP contribution in [0.5, 0.6) is 0 Å². The van der Waals surface area contributed by atoms with E-state index in [4.69, 9.17) is 4.74 Å². The molecule has 1 unspecified atom stereocenters. The fourth-order valence-electron chi connectivity index (χ4n) is 4.33. The predicted octanol–water partition coefficient (Wildman–Crippen LogP) is -0.200. The van der Waals surface area contributed by atoms with Gasteiger partial charge in [-0.2, -0.15) is 5.10 Å². The third-order valence-electron chi connectivity index (χ3n) is 6.20. The number of nitrogens with zero attached hydrogens (tertiary/aromatic N) is 4. The van der Waals surface area contributed by atoms with Gasteiger partial charge in [0.1, 0.15) is 37.0 Å². The number of ether oxygens (including phenoxy) is 1. The summed E-state index contributed by atoms with van der Waals surface area (Å²) in [7, 11) is 0. The molecule has 11 heteroatoms. The first-order chi connectivity index (χ1) is 17.0. The number of hydrogen-bond donors (Lipinski definition) is 5. The number of para-hydroxylation sites is 1. The summed E-state index contributed by atoms with van der Waals surface area (Å²) in [5, 5.41) is 47.3. The second-order valence-electron chi connectivity index (χ2n) is 8.42. The summed E-state index contributed by atoms with van der Waals surface area (Å²) in [5.41, 5.74) is 3.06. The molecule has 0 spiro atoms. The molecule has 3 heterocycles. The topological polar surface area (TPSA) is 155 Å². The van der Waals surface area contributed by atoms with E-state index in [1.807, 2.05) is 53.1 Å². The summed E-state index contributed by atoms with van der Waals surface area (Å²) >= 11 is 0. The Labute approximate surface area is 199 Å². The molecule has 2 aromatic carbocycles. The number of amides is 1. The molecule has 11 nitrogen and oxygen atoms in total. The largest absolute Gasteiger partial charge is 0.394 e. The Kier molecular flexibility index (Phi) is 6.32. The van der Waals surface area contributed by atoms with Crippen LogP contribution in [0.4, 0.5) is 0 Å². The van der Waals surface area contributed by atoms with Gasteiger partial charge in [0.2, 0.25) is 0 Å². The molecule has 0 aliphatic carbocycles. The Morgan fingerprint density at radius 1 is 1.06 bits per heavy atom. The van der Waals surface area contributed by atoms with E-state index in [-0.39, 0.29) is 0 Å². The summed E-state index contributed by atoms with van der Waals surface area (Å²) in [4.78, 5) is 17.1. The summed E-state index contributed by atoms with van der Waals surface area (Å²) in [6.45, 7) is -0.0800. The van der Waals surface area contributed by atoms with Gasteiger partial charge in [-0.3, -0.25) is 4.79 Å². The average molecular weight is 479 g/mol. The zero-order valence-corrected chi connectivity index (χ0v) is 18.5. The molecule has 1 aliphatic rings. The van der Waals surface area contributed by atoms with E-state index >= 15 is 0 Å². The number of benzene rings is 2. The Morgan fingerprint density at radius 3 is 2.54 bits per heavy atom. The lowest BCUT2D eigenvalue weighted by Crippen LogP contribution is -2.64. The standard InChI is InChI=1S/C24H25N5O6/c30-11-19-21(31)22(32)20(24(34)35-19)27-23(33)17-10-28(18-4-2-1-3-16(17)18)9-14-5-7-15(8-6-14)29-13-25-12-26-29/h1-8,10,12-13,19-22,24,30-32,34H,9,11H2,(H,27,33)/t19-,20-,21-,22-,24?/m1/s1. The van der Waals surface area contributed by atoms with E-state index in [0.717, 1.165) is 16.8 Å². The summed E-state index contributed by atoms with van der Waals surface area (Å²) in [6.07, 6.45) is -0.923. The molecule has 1 aliphatic heterocycles. The van der Waals surface area contributed by atoms with E-state index in [0.29, 0.717) is 17.5 Å². The number of rotatable bonds is 6. The zero-order chi connectivity index (χ0) is 24.5. The van der Waals surface area contributed by atoms with Crippen molar-refractivity contribution in [2.24, 2.45) is 0 Å². The first kappa shape index (κ1) is 23.1. The first-order valence-corrected chi connectivity index (χ1v) is 11.1. The van der Waals surface area contributed by atoms with E-state index in [1.165, 1.54) is 6.33 Å². The van der Waals surface area contributed by atoms with E-state index in [9.17, 15) is 25.2 Å². The van der Waals surface area contributed by atoms with Crippen LogP contribution in [0.25, 0.3) is 16.6 Å². The third-order valence-corrected chi connectivity index (χ3v) is 6.20. The van der Waals surface area contributed by atoms with Crippen LogP contribution in [0, 0.1) is 0 Å². The van der Waals surface area contributed by atoms with Crippen LogP contribution in [-0.2, 0) is 11.3 Å². The van der Waals surface area contributed by atoms with Gasteiger partial charge in [-0.15, -0.1) is 0 Å². The number of aromatic nitrogens is 4. The minimum atomic E-state index is -1.59. The van der Waals surface area contributed by atoms with Gasteiger partial charge in [0.05, 0.1) is 17.9 Å². The van der Waals surface area contributed by atoms with Crippen molar-refractivity contribution in [3.63, 3.8) is 0 Å². The molecule has 0 bridgehead atoms. The lowest BCUT2D eigenvalue weighted by Gasteiger charge is -2.40. The highest BCUT2D eigenvalue weighted by Crippen LogP contribution is 2.25. The van der Waals surface area contributed by atoms with Gasteiger partial charge in [0.15, 0.2) is 6.29 Å². The SMILES string of the molecule is O=C(N[C@H]1C(O)O[C@H](CO)[C@@H](O)[C@@H]1O)c1cn(Cc2ccc(-n3cncn3)cc2)c2ccccc12. The maximum atomic E-state index is 13.2. The van der Waals surface area contributed by atoms with Crippen molar-refractivity contribution in [1.29, 1.82) is 0 Å². The number of fused-ring (bicyclic) bond motifs is 1. The van der Waals surface area contributed by atoms with Gasteiger partial charge < -0.3 is 35.0 Å². The monoisotopic (exact) mass is 479 g/mol. The third kappa shape index (κ3) is 4.43. The van der Waals surface area contributed by atoms with E-state index in [1.54, 1.807) is 17.2 Å². The number of nitrogens with one attached hydrogen (secondary N) is 1. The molecule has 5 atom stereocenters. The van der Waals surface area contributed by atoms with Gasteiger partial charge >= 0.3 is 0 Å². The second kappa shape index (κ2) is 9.56. The molecular formula is C24H25N5O6. The maximum Gasteiger partial charge on any atom is 0.253 e. The van der Waals surface area contributed by atoms with Crippen LogP contribution in [0.2, 0.25) is 0 Å². The van der Waals surface area contributed by atoms with Crippen molar-refractivity contribution in [1.82, 2.24) is 24.6 Å². The molecule has 2 aromatic heterocycles. The van der Waals surface area contributed by atoms with Crippen LogP contribution in [0.1, 0.15) is 15.9 Å². The molecule has 1 fully saturated rings. The quantitative estimate of drug-likeness (QED) is 0.255. The molecule has 5 N–H and O–H groups in total. The van der Waals surface area contributed by atoms with Gasteiger partial charge in [-0.05, 0) is 23.8 Å². The number of hydrogen-bond acceptors (Lipinski definition) is 8. The minimum Gasteiger partial charge on any atom is -0.394 e. The molecule has 0 radical (unpaired) electrons. The van der Waals surface area contributed by atoms with E-state index in [2.05, 4.69) is 15.4 Å². The Bertz CT molecular complexity index is 1310. The fourth-order valence-corrected chi connectivity index (χ4v) is 4.33. The Morgan fingerprint density at radius 2 is 1.83 bits per heavy atom. The van der Waals surface area contributed by atoms with Crippen molar-refractivity contribution in [2.45, 2.75) is 37.2 Å². The molecule has 5 rings (SSSR count). The van der Waals surface area contributed by atoms with Gasteiger partial charge in [0.25, 0.3) is 5.91 Å². The minimum absolute atomic E-state index is 0.345. The molecule has 182 valence electrons. The van der Waals surface area contributed by atoms with Gasteiger partial charge in [-0.1, -0.05) is 30.3 Å². The highest BCUT2D eigenvalue weighted by molar-refractivity contribution is 6.07. The maximum absolute atomic E-state index is 13.2. The van der Waals surface area contributed by atoms with Crippen LogP contribution in [-0.4, -0.2) is 82.9 Å². The van der Waals surface area contributed by atoms with Crippen molar-refractivity contribution in [2.75, 3.05) is 6.61 Å². The fraction of sp³-hybridized carbons (Fsp3) is 0.292. The molecular weight excluding hydrogens is 454 g/mol. The zero-order valence-electron chi connectivity index (χ0n) is 18.5. The van der Waals surface area contributed by atoms with Crippen LogP contribution in [0.3, 0.4) is 0 Å². The molecule has 4 aromatic rings. The Hall–Kier alpha value is -3.61. The van der Waals surface area contributed by atoms with Crippen molar-refractivity contribution >= 4 is 16.8 Å². The second-order valence-corrected chi connectivity index (χ2v) is 8.42.